The highest BCUT2D eigenvalue weighted by Crippen LogP contribution is 2.10. The van der Waals surface area contributed by atoms with E-state index in [0.29, 0.717) is 0 Å². The second-order valence-corrected chi connectivity index (χ2v) is 2.23. The minimum Gasteiger partial charge on any atom is -0.476 e. The summed E-state index contributed by atoms with van der Waals surface area (Å²) in [7, 11) is 0. The highest BCUT2D eigenvalue weighted by Gasteiger charge is 2.11. The molecule has 0 fully saturated rings. The molecule has 0 atom stereocenters. The summed E-state index contributed by atoms with van der Waals surface area (Å²) >= 11 is 5.33. The van der Waals surface area contributed by atoms with Crippen molar-refractivity contribution in [3.8, 4) is 0 Å². The summed E-state index contributed by atoms with van der Waals surface area (Å²) < 4.78 is 12.6. The van der Waals surface area contributed by atoms with Crippen LogP contribution in [0.4, 0.5) is 4.39 Å². The van der Waals surface area contributed by atoms with E-state index in [4.69, 9.17) is 16.7 Å². The number of aromatic carboxylic acids is 1. The monoisotopic (exact) mass is 211 g/mol. The zero-order valence-electron chi connectivity index (χ0n) is 5.62. The molecular formula is C6H4Cl2FNO2. The number of rotatable bonds is 1. The van der Waals surface area contributed by atoms with Gasteiger partial charge in [-0.1, -0.05) is 11.6 Å². The predicted octanol–water partition coefficient (Wildman–Crippen LogP) is 1.99. The minimum absolute atomic E-state index is 0. The fourth-order valence-electron chi connectivity index (χ4n) is 0.572. The van der Waals surface area contributed by atoms with Gasteiger partial charge in [0.2, 0.25) is 0 Å². The Hall–Kier alpha value is -0.870. The number of aromatic nitrogens is 1. The summed E-state index contributed by atoms with van der Waals surface area (Å²) in [6.45, 7) is 0. The summed E-state index contributed by atoms with van der Waals surface area (Å²) in [6, 6.07) is 0.901. The van der Waals surface area contributed by atoms with E-state index in [-0.39, 0.29) is 17.4 Å². The molecule has 1 aromatic rings. The van der Waals surface area contributed by atoms with Gasteiger partial charge in [-0.15, -0.1) is 12.4 Å². The number of carbonyl (C=O) groups is 1. The molecule has 0 unspecified atom stereocenters. The van der Waals surface area contributed by atoms with Crippen molar-refractivity contribution in [3.63, 3.8) is 0 Å². The van der Waals surface area contributed by atoms with Gasteiger partial charge < -0.3 is 5.11 Å². The zero-order chi connectivity index (χ0) is 8.43. The summed E-state index contributed by atoms with van der Waals surface area (Å²) in [6.07, 6.45) is 1.08. The normalized spacial score (nSPS) is 8.83. The molecule has 1 heterocycles. The van der Waals surface area contributed by atoms with Gasteiger partial charge in [-0.05, 0) is 6.07 Å². The Morgan fingerprint density at radius 1 is 1.67 bits per heavy atom. The average Bonchev–Trinajstić information content (AvgIpc) is 1.85. The first-order chi connectivity index (χ1) is 5.11. The van der Waals surface area contributed by atoms with E-state index in [1.807, 2.05) is 0 Å². The van der Waals surface area contributed by atoms with Crippen LogP contribution in [0.15, 0.2) is 12.3 Å². The number of hydrogen-bond donors (Lipinski definition) is 1. The standard InChI is InChI=1S/C6H3ClFNO2.ClH/c7-3-1-4(8)5(6(10)11)9-2-3;/h1-2H,(H,10,11);1H. The van der Waals surface area contributed by atoms with Crippen LogP contribution in [0.3, 0.4) is 0 Å². The molecule has 0 aromatic carbocycles. The van der Waals surface area contributed by atoms with Gasteiger partial charge in [0.25, 0.3) is 0 Å². The number of carboxylic acids is 1. The van der Waals surface area contributed by atoms with E-state index in [1.165, 1.54) is 0 Å². The van der Waals surface area contributed by atoms with Crippen LogP contribution < -0.4 is 0 Å². The summed E-state index contributed by atoms with van der Waals surface area (Å²) in [5, 5.41) is 8.39. The van der Waals surface area contributed by atoms with Crippen molar-refractivity contribution in [2.45, 2.75) is 0 Å². The number of hydrogen-bond acceptors (Lipinski definition) is 2. The summed E-state index contributed by atoms with van der Waals surface area (Å²) in [4.78, 5) is 13.5. The summed E-state index contributed by atoms with van der Waals surface area (Å²) in [5.74, 6) is -2.33. The quantitative estimate of drug-likeness (QED) is 0.774. The maximum atomic E-state index is 12.6. The topological polar surface area (TPSA) is 50.2 Å². The third kappa shape index (κ3) is 2.32. The van der Waals surface area contributed by atoms with Crippen LogP contribution in [0.25, 0.3) is 0 Å². The molecule has 12 heavy (non-hydrogen) atoms. The van der Waals surface area contributed by atoms with Crippen molar-refractivity contribution in [1.82, 2.24) is 4.98 Å². The molecule has 66 valence electrons. The minimum atomic E-state index is -1.40. The molecule has 0 saturated carbocycles. The Balaban J connectivity index is 0.00000121. The summed E-state index contributed by atoms with van der Waals surface area (Å²) in [5.41, 5.74) is -0.616. The Labute approximate surface area is 78.6 Å². The predicted molar refractivity (Wildman–Crippen MR) is 43.4 cm³/mol. The van der Waals surface area contributed by atoms with Crippen LogP contribution >= 0.6 is 24.0 Å². The molecule has 0 amide bonds. The number of nitrogens with zero attached hydrogens (tertiary/aromatic N) is 1. The molecule has 0 aliphatic heterocycles. The Kier molecular flexibility index (Phi) is 3.92. The van der Waals surface area contributed by atoms with Gasteiger partial charge in [0, 0.05) is 6.20 Å². The van der Waals surface area contributed by atoms with Crippen LogP contribution in [-0.4, -0.2) is 16.1 Å². The van der Waals surface area contributed by atoms with E-state index in [9.17, 15) is 9.18 Å². The van der Waals surface area contributed by atoms with Crippen LogP contribution in [0.1, 0.15) is 10.5 Å². The molecule has 0 bridgehead atoms. The molecule has 0 saturated heterocycles. The van der Waals surface area contributed by atoms with Gasteiger partial charge in [-0.3, -0.25) is 0 Å². The fraction of sp³-hybridized carbons (Fsp3) is 0. The van der Waals surface area contributed by atoms with Crippen molar-refractivity contribution < 1.29 is 14.3 Å². The van der Waals surface area contributed by atoms with Gasteiger partial charge in [-0.25, -0.2) is 14.2 Å². The highest BCUT2D eigenvalue weighted by atomic mass is 35.5. The lowest BCUT2D eigenvalue weighted by Gasteiger charge is -1.94. The number of carboxylic acid groups (broad SMARTS) is 1. The van der Waals surface area contributed by atoms with Crippen molar-refractivity contribution >= 4 is 30.0 Å². The van der Waals surface area contributed by atoms with Crippen LogP contribution in [0.2, 0.25) is 5.02 Å². The smallest absolute Gasteiger partial charge is 0.357 e. The van der Waals surface area contributed by atoms with E-state index in [0.717, 1.165) is 12.3 Å². The lowest BCUT2D eigenvalue weighted by atomic mass is 10.3. The third-order valence-electron chi connectivity index (χ3n) is 1.01. The highest BCUT2D eigenvalue weighted by molar-refractivity contribution is 6.30. The fourth-order valence-corrected chi connectivity index (χ4v) is 0.717. The molecule has 3 nitrogen and oxygen atoms in total. The zero-order valence-corrected chi connectivity index (χ0v) is 7.19. The maximum Gasteiger partial charge on any atom is 0.357 e. The Morgan fingerprint density at radius 2 is 2.25 bits per heavy atom. The first-order valence-electron chi connectivity index (χ1n) is 2.65. The third-order valence-corrected chi connectivity index (χ3v) is 1.22. The van der Waals surface area contributed by atoms with Gasteiger partial charge in [0.1, 0.15) is 0 Å². The first kappa shape index (κ1) is 11.1. The lowest BCUT2D eigenvalue weighted by molar-refractivity contribution is 0.0685. The van der Waals surface area contributed by atoms with E-state index in [2.05, 4.69) is 4.98 Å². The molecule has 0 aliphatic carbocycles. The SMILES string of the molecule is Cl.O=C(O)c1ncc(Cl)cc1F. The molecule has 1 N–H and O–H groups in total. The van der Waals surface area contributed by atoms with E-state index in [1.54, 1.807) is 0 Å². The molecule has 6 heteroatoms. The Bertz CT molecular complexity index is 306. The van der Waals surface area contributed by atoms with Gasteiger partial charge in [-0.2, -0.15) is 0 Å². The molecule has 1 aromatic heterocycles. The van der Waals surface area contributed by atoms with Gasteiger partial charge >= 0.3 is 5.97 Å². The van der Waals surface area contributed by atoms with Crippen LogP contribution in [0, 0.1) is 5.82 Å². The number of pyridine rings is 1. The second kappa shape index (κ2) is 4.23. The molecule has 1 rings (SSSR count). The van der Waals surface area contributed by atoms with Crippen molar-refractivity contribution in [1.29, 1.82) is 0 Å². The average molecular weight is 212 g/mol. The van der Waals surface area contributed by atoms with Crippen molar-refractivity contribution in [2.75, 3.05) is 0 Å². The van der Waals surface area contributed by atoms with Crippen LogP contribution in [0.5, 0.6) is 0 Å². The molecule has 0 spiro atoms. The first-order valence-corrected chi connectivity index (χ1v) is 3.03. The van der Waals surface area contributed by atoms with Crippen molar-refractivity contribution in [3.05, 3.63) is 28.8 Å². The van der Waals surface area contributed by atoms with E-state index >= 15 is 0 Å². The lowest BCUT2D eigenvalue weighted by Crippen LogP contribution is -2.03. The van der Waals surface area contributed by atoms with Crippen molar-refractivity contribution in [2.24, 2.45) is 0 Å². The maximum absolute atomic E-state index is 12.6. The second-order valence-electron chi connectivity index (χ2n) is 1.79. The molecule has 0 aliphatic rings. The van der Waals surface area contributed by atoms with E-state index < -0.39 is 17.5 Å². The largest absolute Gasteiger partial charge is 0.476 e. The van der Waals surface area contributed by atoms with Gasteiger partial charge in [0.05, 0.1) is 5.02 Å². The Morgan fingerprint density at radius 3 is 2.67 bits per heavy atom. The molecular weight excluding hydrogens is 208 g/mol. The molecule has 0 radical (unpaired) electrons. The van der Waals surface area contributed by atoms with Crippen LogP contribution in [-0.2, 0) is 0 Å². The van der Waals surface area contributed by atoms with Gasteiger partial charge in [0.15, 0.2) is 11.5 Å². The number of halogens is 3.